The molecule has 0 atom stereocenters. The van der Waals surface area contributed by atoms with Crippen LogP contribution in [0, 0.1) is 27.7 Å². The number of benzene rings is 2. The topological polar surface area (TPSA) is 39.0 Å². The average molecular weight is 389 g/mol. The van der Waals surface area contributed by atoms with Crippen molar-refractivity contribution in [2.75, 3.05) is 5.32 Å². The van der Waals surface area contributed by atoms with Crippen molar-refractivity contribution in [1.82, 2.24) is 0 Å². The molecule has 3 rings (SSSR count). The molecule has 1 N–H and O–H groups in total. The van der Waals surface area contributed by atoms with E-state index in [9.17, 15) is 5.11 Å². The van der Waals surface area contributed by atoms with Crippen LogP contribution in [0.25, 0.3) is 11.5 Å². The van der Waals surface area contributed by atoms with Crippen molar-refractivity contribution >= 4 is 34.3 Å². The largest absolute Gasteiger partial charge is 0.867 e. The predicted octanol–water partition coefficient (Wildman–Crippen LogP) is 4.33. The number of rotatable bonds is 4. The SMILES string of the molecule is Cc1ccc(NC(=S)C(=C([O-])c2ccc(C)c(C)c2)[n+]2ccccc2)c(C)c1. The van der Waals surface area contributed by atoms with Gasteiger partial charge in [0.25, 0.3) is 0 Å². The zero-order chi connectivity index (χ0) is 20.3. The molecule has 0 aliphatic rings. The Kier molecular flexibility index (Phi) is 5.90. The Morgan fingerprint density at radius 1 is 0.857 bits per heavy atom. The zero-order valence-electron chi connectivity index (χ0n) is 16.6. The highest BCUT2D eigenvalue weighted by Crippen LogP contribution is 2.21. The first-order valence-electron chi connectivity index (χ1n) is 9.21. The summed E-state index contributed by atoms with van der Waals surface area (Å²) in [6.45, 7) is 8.12. The molecule has 0 unspecified atom stereocenters. The summed E-state index contributed by atoms with van der Waals surface area (Å²) in [5.74, 6) is -0.110. The van der Waals surface area contributed by atoms with Gasteiger partial charge in [-0.3, -0.25) is 0 Å². The van der Waals surface area contributed by atoms with Crippen LogP contribution >= 0.6 is 12.2 Å². The van der Waals surface area contributed by atoms with Gasteiger partial charge < -0.3 is 10.4 Å². The van der Waals surface area contributed by atoms with Crippen LogP contribution in [0.3, 0.4) is 0 Å². The first kappa shape index (κ1) is 19.8. The fourth-order valence-electron chi connectivity index (χ4n) is 3.04. The van der Waals surface area contributed by atoms with Crippen molar-refractivity contribution < 1.29 is 9.67 Å². The Labute approximate surface area is 172 Å². The molecule has 3 aromatic rings. The molecule has 2 aromatic carbocycles. The molecule has 0 amide bonds. The van der Waals surface area contributed by atoms with E-state index in [1.54, 1.807) is 4.57 Å². The number of thiocarbonyl (C=S) groups is 1. The van der Waals surface area contributed by atoms with Crippen LogP contribution in [0.1, 0.15) is 27.8 Å². The Hall–Kier alpha value is -2.98. The van der Waals surface area contributed by atoms with Crippen LogP contribution < -0.4 is 15.0 Å². The molecular weight excluding hydrogens is 364 g/mol. The lowest BCUT2D eigenvalue weighted by atomic mass is 10.0. The molecule has 0 radical (unpaired) electrons. The number of pyridine rings is 1. The maximum absolute atomic E-state index is 13.4. The summed E-state index contributed by atoms with van der Waals surface area (Å²) in [4.78, 5) is 0.395. The van der Waals surface area contributed by atoms with Gasteiger partial charge in [0.05, 0.1) is 0 Å². The van der Waals surface area contributed by atoms with E-state index in [4.69, 9.17) is 12.2 Å². The van der Waals surface area contributed by atoms with E-state index in [0.29, 0.717) is 16.2 Å². The molecule has 0 aliphatic carbocycles. The van der Waals surface area contributed by atoms with Crippen molar-refractivity contribution in [3.8, 4) is 0 Å². The highest BCUT2D eigenvalue weighted by molar-refractivity contribution is 7.81. The molecule has 1 aromatic heterocycles. The maximum atomic E-state index is 13.4. The Morgan fingerprint density at radius 3 is 2.21 bits per heavy atom. The van der Waals surface area contributed by atoms with E-state index in [1.807, 2.05) is 81.7 Å². The quantitative estimate of drug-likeness (QED) is 0.313. The third-order valence-electron chi connectivity index (χ3n) is 4.80. The molecule has 0 fully saturated rings. The second-order valence-electron chi connectivity index (χ2n) is 7.03. The van der Waals surface area contributed by atoms with Gasteiger partial charge in [-0.25, -0.2) is 0 Å². The third kappa shape index (κ3) is 4.29. The number of nitrogens with one attached hydrogen (secondary N) is 1. The number of nitrogens with zero attached hydrogens (tertiary/aromatic N) is 1. The minimum Gasteiger partial charge on any atom is -0.867 e. The molecule has 0 aliphatic heterocycles. The lowest BCUT2D eigenvalue weighted by Crippen LogP contribution is -2.39. The molecule has 3 nitrogen and oxygen atoms in total. The van der Waals surface area contributed by atoms with E-state index in [0.717, 1.165) is 22.4 Å². The van der Waals surface area contributed by atoms with Crippen LogP contribution in [-0.2, 0) is 0 Å². The number of hydrogen-bond acceptors (Lipinski definition) is 2. The monoisotopic (exact) mass is 388 g/mol. The molecule has 0 spiro atoms. The van der Waals surface area contributed by atoms with Gasteiger partial charge >= 0.3 is 0 Å². The van der Waals surface area contributed by atoms with Crippen LogP contribution in [0.15, 0.2) is 67.0 Å². The lowest BCUT2D eigenvalue weighted by Gasteiger charge is -2.18. The smallest absolute Gasteiger partial charge is 0.238 e. The van der Waals surface area contributed by atoms with Crippen molar-refractivity contribution in [2.24, 2.45) is 0 Å². The van der Waals surface area contributed by atoms with E-state index < -0.39 is 0 Å². The minimum atomic E-state index is -0.110. The van der Waals surface area contributed by atoms with Crippen LogP contribution in [-0.4, -0.2) is 4.99 Å². The standard InChI is InChI=1S/C24H24N2OS/c1-16-8-11-21(19(4)14-16)25-24(28)22(26-12-6-5-7-13-26)23(27)20-10-9-17(2)18(3)15-20/h5-15H,1-4H3,(H-,25,27,28). The highest BCUT2D eigenvalue weighted by Gasteiger charge is 2.19. The van der Waals surface area contributed by atoms with E-state index in [2.05, 4.69) is 18.3 Å². The minimum absolute atomic E-state index is 0.110. The summed E-state index contributed by atoms with van der Waals surface area (Å²) in [5, 5.41) is 16.7. The van der Waals surface area contributed by atoms with Crippen LogP contribution in [0.5, 0.6) is 0 Å². The average Bonchev–Trinajstić information content (AvgIpc) is 2.67. The van der Waals surface area contributed by atoms with Crippen molar-refractivity contribution in [3.05, 3.63) is 94.8 Å². The van der Waals surface area contributed by atoms with Crippen molar-refractivity contribution in [2.45, 2.75) is 27.7 Å². The van der Waals surface area contributed by atoms with Gasteiger partial charge in [0, 0.05) is 17.8 Å². The van der Waals surface area contributed by atoms with Gasteiger partial charge in [-0.2, -0.15) is 4.57 Å². The van der Waals surface area contributed by atoms with Crippen LogP contribution in [0.4, 0.5) is 5.69 Å². The summed E-state index contributed by atoms with van der Waals surface area (Å²) in [6.07, 6.45) is 3.68. The molecule has 28 heavy (non-hydrogen) atoms. The van der Waals surface area contributed by atoms with E-state index in [1.165, 1.54) is 5.56 Å². The Morgan fingerprint density at radius 2 is 1.57 bits per heavy atom. The molecule has 4 heteroatoms. The summed E-state index contributed by atoms with van der Waals surface area (Å²) in [5.41, 5.74) is 6.45. The maximum Gasteiger partial charge on any atom is 0.238 e. The van der Waals surface area contributed by atoms with Crippen molar-refractivity contribution in [1.29, 1.82) is 0 Å². The fraction of sp³-hybridized carbons (Fsp3) is 0.167. The normalized spacial score (nSPS) is 11.7. The third-order valence-corrected chi connectivity index (χ3v) is 5.10. The Balaban J connectivity index is 2.08. The van der Waals surface area contributed by atoms with Crippen LogP contribution in [0.2, 0.25) is 0 Å². The molecule has 1 heterocycles. The summed E-state index contributed by atoms with van der Waals surface area (Å²) < 4.78 is 1.77. The van der Waals surface area contributed by atoms with Gasteiger partial charge in [-0.15, -0.1) is 0 Å². The number of aromatic nitrogens is 1. The summed E-state index contributed by atoms with van der Waals surface area (Å²) in [7, 11) is 0. The highest BCUT2D eigenvalue weighted by atomic mass is 32.1. The van der Waals surface area contributed by atoms with Gasteiger partial charge in [0.15, 0.2) is 17.4 Å². The molecule has 0 saturated heterocycles. The fourth-order valence-corrected chi connectivity index (χ4v) is 3.35. The number of hydrogen-bond donors (Lipinski definition) is 1. The molecule has 142 valence electrons. The first-order valence-corrected chi connectivity index (χ1v) is 9.62. The van der Waals surface area contributed by atoms with Crippen molar-refractivity contribution in [3.63, 3.8) is 0 Å². The second-order valence-corrected chi connectivity index (χ2v) is 7.44. The Bertz CT molecular complexity index is 1060. The van der Waals surface area contributed by atoms with Gasteiger partial charge in [-0.1, -0.05) is 54.2 Å². The number of aryl methyl sites for hydroxylation is 4. The van der Waals surface area contributed by atoms with E-state index >= 15 is 0 Å². The predicted molar refractivity (Wildman–Crippen MR) is 118 cm³/mol. The second kappa shape index (κ2) is 8.36. The van der Waals surface area contributed by atoms with Gasteiger partial charge in [0.2, 0.25) is 5.70 Å². The summed E-state index contributed by atoms with van der Waals surface area (Å²) in [6, 6.07) is 17.5. The number of anilines is 1. The van der Waals surface area contributed by atoms with Gasteiger partial charge in [0.1, 0.15) is 0 Å². The molecular formula is C24H24N2OS. The first-order chi connectivity index (χ1) is 13.4. The zero-order valence-corrected chi connectivity index (χ0v) is 17.4. The van der Waals surface area contributed by atoms with Gasteiger partial charge in [-0.05, 0) is 61.8 Å². The summed E-state index contributed by atoms with van der Waals surface area (Å²) >= 11 is 5.68. The lowest BCUT2D eigenvalue weighted by molar-refractivity contribution is -0.577. The molecule has 0 saturated carbocycles. The molecule has 0 bridgehead atoms. The van der Waals surface area contributed by atoms with E-state index in [-0.39, 0.29) is 5.76 Å².